The molecule has 262 valence electrons. The van der Waals surface area contributed by atoms with Gasteiger partial charge in [0.2, 0.25) is 0 Å². The van der Waals surface area contributed by atoms with Crippen molar-refractivity contribution in [3.63, 3.8) is 0 Å². The van der Waals surface area contributed by atoms with Crippen LogP contribution in [0.1, 0.15) is 104 Å². The van der Waals surface area contributed by atoms with E-state index in [-0.39, 0.29) is 48.1 Å². The number of hydrogen-bond donors (Lipinski definition) is 9. The second-order valence-corrected chi connectivity index (χ2v) is 16.3. The van der Waals surface area contributed by atoms with E-state index in [4.69, 9.17) is 13.0 Å². The normalized spacial score (nSPS) is 50.8. The Kier molecular flexibility index (Phi) is 13.0. The van der Waals surface area contributed by atoms with Gasteiger partial charge in [-0.15, -0.1) is 0 Å². The van der Waals surface area contributed by atoms with Crippen LogP contribution in [0.2, 0.25) is 0 Å². The minimum Gasteiger partial charge on any atom is -1.00 e. The van der Waals surface area contributed by atoms with Crippen molar-refractivity contribution in [1.29, 1.82) is 0 Å². The van der Waals surface area contributed by atoms with Crippen molar-refractivity contribution in [3.05, 3.63) is 0 Å². The second-order valence-electron chi connectivity index (χ2n) is 15.8. The first kappa shape index (κ1) is 36.9. The summed E-state index contributed by atoms with van der Waals surface area (Å²) in [5, 5.41) is 33.8. The van der Waals surface area contributed by atoms with Crippen LogP contribution in [0.5, 0.6) is 0 Å². The van der Waals surface area contributed by atoms with E-state index in [2.05, 4.69) is 42.5 Å². The molecule has 0 radical (unpaired) electrons. The van der Waals surface area contributed by atoms with Crippen molar-refractivity contribution >= 4 is 11.0 Å². The average Bonchev–Trinajstić information content (AvgIpc) is 3.76. The summed E-state index contributed by atoms with van der Waals surface area (Å²) in [5.74, 6) is 5.97. The molecular formula is C32H58CuN8NaO3S. The average molecular weight is 721 g/mol. The van der Waals surface area contributed by atoms with Crippen LogP contribution >= 0.6 is 0 Å². The van der Waals surface area contributed by atoms with E-state index in [1.54, 1.807) is 0 Å². The Morgan fingerprint density at radius 1 is 0.370 bits per heavy atom. The second kappa shape index (κ2) is 16.2. The van der Waals surface area contributed by atoms with Crippen LogP contribution in [0.4, 0.5) is 0 Å². The fraction of sp³-hybridized carbons (Fsp3) is 1.00. The van der Waals surface area contributed by atoms with Crippen LogP contribution in [0.3, 0.4) is 0 Å². The molecule has 9 rings (SSSR count). The summed E-state index contributed by atoms with van der Waals surface area (Å²) in [6.07, 6.45) is 25.6. The zero-order chi connectivity index (χ0) is 29.8. The first-order valence-electron chi connectivity index (χ1n) is 18.4. The predicted molar refractivity (Wildman–Crippen MR) is 170 cm³/mol. The summed E-state index contributed by atoms with van der Waals surface area (Å²) in [7, 11) is -2.86. The van der Waals surface area contributed by atoms with Gasteiger partial charge in [0.25, 0.3) is 0 Å². The van der Waals surface area contributed by atoms with Crippen LogP contribution < -0.4 is 72.1 Å². The van der Waals surface area contributed by atoms with Gasteiger partial charge in [-0.1, -0.05) is 51.4 Å². The van der Waals surface area contributed by atoms with E-state index in [9.17, 15) is 0 Å². The van der Waals surface area contributed by atoms with Crippen LogP contribution in [0.25, 0.3) is 0 Å². The maximum Gasteiger partial charge on any atom is 1.00 e. The van der Waals surface area contributed by atoms with Gasteiger partial charge in [0.1, 0.15) is 0 Å². The summed E-state index contributed by atoms with van der Waals surface area (Å²) in [4.78, 5) is 0. The number of nitrogens with one attached hydrogen (secondary N) is 8. The molecule has 9 N–H and O–H groups in total. The molecule has 0 spiro atoms. The van der Waals surface area contributed by atoms with Crippen molar-refractivity contribution in [1.82, 2.24) is 42.5 Å². The maximum atomic E-state index is 8.56. The molecule has 8 unspecified atom stereocenters. The van der Waals surface area contributed by atoms with E-state index in [0.29, 0.717) is 49.3 Å². The van der Waals surface area contributed by atoms with E-state index >= 15 is 0 Å². The van der Waals surface area contributed by atoms with E-state index in [0.717, 1.165) is 47.3 Å². The Labute approximate surface area is 312 Å². The molecule has 0 aromatic carbocycles. The van der Waals surface area contributed by atoms with E-state index < -0.39 is 11.0 Å². The Morgan fingerprint density at radius 3 is 0.587 bits per heavy atom. The third kappa shape index (κ3) is 7.37. The SMILES string of the molecule is C1CCC2C3NC(NC4NC(NC5NC(NC6NC(N3)C3CCCCC63)C3CCCCC53)C3CCCCC43)C2C1.O=[S-](=O)O.[Cu+].[H-].[Na+]. The molecule has 14 heteroatoms. The monoisotopic (exact) mass is 720 g/mol. The number of hydrogen-bond acceptors (Lipinski definition) is 11. The molecule has 5 aliphatic heterocycles. The summed E-state index contributed by atoms with van der Waals surface area (Å²) in [5.41, 5.74) is 0. The molecule has 4 aliphatic carbocycles. The van der Waals surface area contributed by atoms with Gasteiger partial charge in [-0.2, -0.15) is 0 Å². The molecule has 8 atom stereocenters. The topological polar surface area (TPSA) is 151 Å². The summed E-state index contributed by atoms with van der Waals surface area (Å²) in [6, 6.07) is 0. The minimum atomic E-state index is -2.86. The van der Waals surface area contributed by atoms with E-state index in [1.165, 1.54) is 103 Å². The van der Waals surface area contributed by atoms with Gasteiger partial charge in [-0.3, -0.25) is 42.5 Å². The van der Waals surface area contributed by atoms with Gasteiger partial charge in [0.15, 0.2) is 0 Å². The maximum absolute atomic E-state index is 8.56. The minimum absolute atomic E-state index is 0. The molecule has 46 heavy (non-hydrogen) atoms. The largest absolute Gasteiger partial charge is 1.00 e. The molecule has 0 aromatic rings. The van der Waals surface area contributed by atoms with Crippen molar-refractivity contribution in [3.8, 4) is 0 Å². The van der Waals surface area contributed by atoms with Gasteiger partial charge >= 0.3 is 46.6 Å². The smallest absolute Gasteiger partial charge is 1.00 e. The Morgan fingerprint density at radius 2 is 0.478 bits per heavy atom. The molecule has 8 bridgehead atoms. The molecule has 9 fully saturated rings. The van der Waals surface area contributed by atoms with Crippen molar-refractivity contribution < 1.29 is 61.0 Å². The van der Waals surface area contributed by atoms with Crippen LogP contribution in [0.15, 0.2) is 0 Å². The van der Waals surface area contributed by atoms with Crippen LogP contribution in [-0.4, -0.2) is 53.9 Å². The third-order valence-corrected chi connectivity index (χ3v) is 13.8. The fourth-order valence-electron chi connectivity index (χ4n) is 12.0. The zero-order valence-electron chi connectivity index (χ0n) is 28.5. The first-order chi connectivity index (χ1) is 21.5. The van der Waals surface area contributed by atoms with Crippen molar-refractivity contribution in [2.75, 3.05) is 0 Å². The van der Waals surface area contributed by atoms with E-state index in [1.807, 2.05) is 0 Å². The van der Waals surface area contributed by atoms with Gasteiger partial charge < -0.3 is 14.4 Å². The molecule has 5 saturated heterocycles. The van der Waals surface area contributed by atoms with Gasteiger partial charge in [-0.25, -0.2) is 0 Å². The number of rotatable bonds is 0. The van der Waals surface area contributed by atoms with Gasteiger partial charge in [0, 0.05) is 11.0 Å². The number of fused-ring (bicyclic) bond motifs is 20. The third-order valence-electron chi connectivity index (χ3n) is 13.8. The Bertz CT molecular complexity index is 889. The van der Waals surface area contributed by atoms with Crippen molar-refractivity contribution in [2.45, 2.75) is 152 Å². The van der Waals surface area contributed by atoms with Gasteiger partial charge in [0.05, 0.1) is 49.3 Å². The molecule has 5 heterocycles. The summed E-state index contributed by atoms with van der Waals surface area (Å²) >= 11 is 0. The molecule has 4 saturated carbocycles. The Balaban J connectivity index is 0.000000589. The van der Waals surface area contributed by atoms with Crippen LogP contribution in [-0.2, 0) is 36.5 Å². The molecular weight excluding hydrogens is 663 g/mol. The van der Waals surface area contributed by atoms with Crippen LogP contribution in [0, 0.1) is 47.3 Å². The van der Waals surface area contributed by atoms with Crippen molar-refractivity contribution in [2.24, 2.45) is 47.3 Å². The quantitative estimate of drug-likeness (QED) is 0.0690. The zero-order valence-corrected chi connectivity index (χ0v) is 31.3. The fourth-order valence-corrected chi connectivity index (χ4v) is 12.0. The summed E-state index contributed by atoms with van der Waals surface area (Å²) < 4.78 is 24.1. The summed E-state index contributed by atoms with van der Waals surface area (Å²) in [6.45, 7) is 0. The van der Waals surface area contributed by atoms with Gasteiger partial charge in [-0.05, 0) is 98.7 Å². The molecule has 9 aliphatic rings. The Hall–Kier alpha value is 1.11. The predicted octanol–water partition coefficient (Wildman–Crippen LogP) is -0.512. The molecule has 0 aromatic heterocycles. The molecule has 0 amide bonds. The first-order valence-corrected chi connectivity index (χ1v) is 19.4. The standard InChI is InChI=1S/C32H56N8.Cu.Na.HO3S.H/c1-2-10-18-17(9-1)25-33-26(18)38-28-21-13-5-6-14-22(21)30(35-28)40-32-24-16-8-7-15-23(24)31(36-32)39-29-20-12-4-3-11-19(20)27(34-29)37-25;;;1-4(2)3;/h17-40H,1-16H2;;;(H,1,2,3);/q;2*+1;2*-1. The molecule has 11 nitrogen and oxygen atoms in total.